The minimum Gasteiger partial charge on any atom is -0.303 e. The summed E-state index contributed by atoms with van der Waals surface area (Å²) < 4.78 is 1.70. The van der Waals surface area contributed by atoms with Crippen molar-refractivity contribution >= 4 is 17.2 Å². The van der Waals surface area contributed by atoms with Gasteiger partial charge in [0, 0.05) is 13.0 Å². The monoisotopic (exact) mass is 264 g/mol. The maximum atomic E-state index is 6.07. The minimum atomic E-state index is 0.615. The van der Waals surface area contributed by atoms with Crippen LogP contribution in [0.3, 0.4) is 0 Å². The Morgan fingerprint density at radius 2 is 2.00 bits per heavy atom. The number of hydrogen-bond acceptors (Lipinski definition) is 3. The smallest absolute Gasteiger partial charge is 0.157 e. The molecular weight excluding hydrogens is 248 g/mol. The second kappa shape index (κ2) is 5.24. The lowest BCUT2D eigenvalue weighted by Crippen LogP contribution is -2.31. The first-order valence-electron chi connectivity index (χ1n) is 6.55. The zero-order valence-corrected chi connectivity index (χ0v) is 11.1. The largest absolute Gasteiger partial charge is 0.303 e. The fourth-order valence-corrected chi connectivity index (χ4v) is 2.66. The Hall–Kier alpha value is -1.13. The van der Waals surface area contributed by atoms with Gasteiger partial charge in [-0.1, -0.05) is 24.1 Å². The van der Waals surface area contributed by atoms with Crippen LogP contribution in [0.15, 0.2) is 18.2 Å². The SMILES string of the molecule is Clc1cccc2nc(CCN3CCCCC3)nn12. The summed E-state index contributed by atoms with van der Waals surface area (Å²) in [6.07, 6.45) is 4.92. The van der Waals surface area contributed by atoms with Gasteiger partial charge in [-0.15, -0.1) is 5.10 Å². The van der Waals surface area contributed by atoms with Gasteiger partial charge in [-0.25, -0.2) is 9.50 Å². The molecule has 0 unspecified atom stereocenters. The number of aromatic nitrogens is 3. The molecule has 4 nitrogen and oxygen atoms in total. The Morgan fingerprint density at radius 3 is 2.78 bits per heavy atom. The molecule has 5 heteroatoms. The molecule has 0 aromatic carbocycles. The molecule has 1 saturated heterocycles. The lowest BCUT2D eigenvalue weighted by atomic mass is 10.1. The summed E-state index contributed by atoms with van der Waals surface area (Å²) in [5.41, 5.74) is 0.830. The molecule has 3 rings (SSSR count). The van der Waals surface area contributed by atoms with Gasteiger partial charge in [0.1, 0.15) is 5.15 Å². The van der Waals surface area contributed by atoms with Crippen LogP contribution in [-0.4, -0.2) is 39.1 Å². The van der Waals surface area contributed by atoms with Gasteiger partial charge in [0.25, 0.3) is 0 Å². The molecule has 18 heavy (non-hydrogen) atoms. The first-order chi connectivity index (χ1) is 8.83. The van der Waals surface area contributed by atoms with Gasteiger partial charge in [-0.3, -0.25) is 0 Å². The predicted molar refractivity (Wildman–Crippen MR) is 72.0 cm³/mol. The van der Waals surface area contributed by atoms with E-state index in [0.717, 1.165) is 24.4 Å². The van der Waals surface area contributed by atoms with E-state index in [9.17, 15) is 0 Å². The van der Waals surface area contributed by atoms with E-state index in [4.69, 9.17) is 11.6 Å². The van der Waals surface area contributed by atoms with E-state index < -0.39 is 0 Å². The number of piperidine rings is 1. The van der Waals surface area contributed by atoms with E-state index in [-0.39, 0.29) is 0 Å². The van der Waals surface area contributed by atoms with Crippen molar-refractivity contribution in [3.63, 3.8) is 0 Å². The molecule has 0 atom stereocenters. The van der Waals surface area contributed by atoms with Crippen molar-refractivity contribution in [2.45, 2.75) is 25.7 Å². The third-order valence-corrected chi connectivity index (χ3v) is 3.74. The molecule has 2 aromatic heterocycles. The third kappa shape index (κ3) is 2.49. The highest BCUT2D eigenvalue weighted by molar-refractivity contribution is 6.29. The summed E-state index contributed by atoms with van der Waals surface area (Å²) in [4.78, 5) is 7.00. The third-order valence-electron chi connectivity index (χ3n) is 3.46. The van der Waals surface area contributed by atoms with E-state index in [1.54, 1.807) is 4.52 Å². The number of hydrogen-bond donors (Lipinski definition) is 0. The molecule has 0 aliphatic carbocycles. The van der Waals surface area contributed by atoms with Crippen LogP contribution in [-0.2, 0) is 6.42 Å². The molecule has 0 radical (unpaired) electrons. The number of halogens is 1. The zero-order chi connectivity index (χ0) is 12.4. The van der Waals surface area contributed by atoms with Gasteiger partial charge < -0.3 is 4.90 Å². The summed E-state index contributed by atoms with van der Waals surface area (Å²) in [5, 5.41) is 5.06. The molecule has 0 spiro atoms. The van der Waals surface area contributed by atoms with Crippen molar-refractivity contribution in [3.8, 4) is 0 Å². The van der Waals surface area contributed by atoms with Crippen LogP contribution in [0.1, 0.15) is 25.1 Å². The van der Waals surface area contributed by atoms with E-state index in [2.05, 4.69) is 15.0 Å². The van der Waals surface area contributed by atoms with Crippen molar-refractivity contribution in [2.24, 2.45) is 0 Å². The average molecular weight is 265 g/mol. The standard InChI is InChI=1S/C13H17ClN4/c14-11-5-4-6-13-15-12(16-18(11)13)7-10-17-8-2-1-3-9-17/h4-6H,1-3,7-10H2. The molecule has 3 heterocycles. The van der Waals surface area contributed by atoms with Crippen LogP contribution >= 0.6 is 11.6 Å². The fourth-order valence-electron chi connectivity index (χ4n) is 2.46. The second-order valence-corrected chi connectivity index (χ2v) is 5.19. The Labute approximate surface area is 112 Å². The van der Waals surface area contributed by atoms with Gasteiger partial charge in [0.2, 0.25) is 0 Å². The van der Waals surface area contributed by atoms with E-state index in [1.165, 1.54) is 32.4 Å². The van der Waals surface area contributed by atoms with Gasteiger partial charge in [-0.05, 0) is 38.1 Å². The van der Waals surface area contributed by atoms with Gasteiger partial charge in [-0.2, -0.15) is 0 Å². The Kier molecular flexibility index (Phi) is 3.48. The molecule has 0 N–H and O–H groups in total. The molecule has 0 saturated carbocycles. The van der Waals surface area contributed by atoms with Crippen molar-refractivity contribution in [1.82, 2.24) is 19.5 Å². The van der Waals surface area contributed by atoms with Crippen LogP contribution in [0, 0.1) is 0 Å². The van der Waals surface area contributed by atoms with Crippen LogP contribution in [0.5, 0.6) is 0 Å². The number of rotatable bonds is 3. The van der Waals surface area contributed by atoms with Gasteiger partial charge >= 0.3 is 0 Å². The van der Waals surface area contributed by atoms with E-state index >= 15 is 0 Å². The average Bonchev–Trinajstić information content (AvgIpc) is 2.82. The molecule has 1 fully saturated rings. The zero-order valence-electron chi connectivity index (χ0n) is 10.3. The highest BCUT2D eigenvalue weighted by atomic mass is 35.5. The maximum Gasteiger partial charge on any atom is 0.157 e. The minimum absolute atomic E-state index is 0.615. The molecule has 2 aromatic rings. The van der Waals surface area contributed by atoms with Crippen molar-refractivity contribution in [1.29, 1.82) is 0 Å². The summed E-state index contributed by atoms with van der Waals surface area (Å²) in [6.45, 7) is 3.48. The normalized spacial score (nSPS) is 17.4. The lowest BCUT2D eigenvalue weighted by molar-refractivity contribution is 0.230. The molecular formula is C13H17ClN4. The van der Waals surface area contributed by atoms with E-state index in [0.29, 0.717) is 5.15 Å². The van der Waals surface area contributed by atoms with Crippen LogP contribution in [0.25, 0.3) is 5.65 Å². The summed E-state index contributed by atoms with van der Waals surface area (Å²) >= 11 is 6.07. The molecule has 96 valence electrons. The lowest BCUT2D eigenvalue weighted by Gasteiger charge is -2.25. The highest BCUT2D eigenvalue weighted by Gasteiger charge is 2.11. The predicted octanol–water partition coefficient (Wildman–Crippen LogP) is 2.41. The van der Waals surface area contributed by atoms with Crippen LogP contribution in [0.4, 0.5) is 0 Å². The van der Waals surface area contributed by atoms with Crippen LogP contribution < -0.4 is 0 Å². The number of pyridine rings is 1. The first-order valence-corrected chi connectivity index (χ1v) is 6.93. The number of fused-ring (bicyclic) bond motifs is 1. The summed E-state index contributed by atoms with van der Waals surface area (Å²) in [7, 11) is 0. The Bertz CT molecular complexity index is 531. The maximum absolute atomic E-state index is 6.07. The number of nitrogens with zero attached hydrogens (tertiary/aromatic N) is 4. The fraction of sp³-hybridized carbons (Fsp3) is 0.538. The van der Waals surface area contributed by atoms with Crippen molar-refractivity contribution in [3.05, 3.63) is 29.2 Å². The molecule has 0 amide bonds. The summed E-state index contributed by atoms with van der Waals surface area (Å²) in [5.74, 6) is 0.883. The first kappa shape index (κ1) is 11.9. The molecule has 1 aliphatic heterocycles. The van der Waals surface area contributed by atoms with Crippen molar-refractivity contribution in [2.75, 3.05) is 19.6 Å². The van der Waals surface area contributed by atoms with Gasteiger partial charge in [0.05, 0.1) is 0 Å². The number of likely N-dealkylation sites (tertiary alicyclic amines) is 1. The molecule has 1 aliphatic rings. The van der Waals surface area contributed by atoms with Crippen LogP contribution in [0.2, 0.25) is 5.15 Å². The topological polar surface area (TPSA) is 33.4 Å². The van der Waals surface area contributed by atoms with Gasteiger partial charge in [0.15, 0.2) is 11.5 Å². The van der Waals surface area contributed by atoms with Crippen molar-refractivity contribution < 1.29 is 0 Å². The quantitative estimate of drug-likeness (QED) is 0.799. The highest BCUT2D eigenvalue weighted by Crippen LogP contribution is 2.12. The summed E-state index contributed by atoms with van der Waals surface area (Å²) in [6, 6.07) is 5.67. The Balaban J connectivity index is 1.69. The Morgan fingerprint density at radius 1 is 1.17 bits per heavy atom. The second-order valence-electron chi connectivity index (χ2n) is 4.80. The van der Waals surface area contributed by atoms with E-state index in [1.807, 2.05) is 18.2 Å². The molecule has 0 bridgehead atoms.